The first-order valence-corrected chi connectivity index (χ1v) is 6.80. The van der Waals surface area contributed by atoms with Crippen LogP contribution in [0.15, 0.2) is 24.3 Å². The van der Waals surface area contributed by atoms with E-state index >= 15 is 0 Å². The number of rotatable bonds is 5. The molecule has 2 N–H and O–H groups in total. The number of hydrogen-bond acceptors (Lipinski definition) is 3. The van der Waals surface area contributed by atoms with E-state index in [1.165, 1.54) is 18.4 Å². The molecule has 1 aromatic carbocycles. The Morgan fingerprint density at radius 3 is 2.37 bits per heavy atom. The Hall–Kier alpha value is -1.55. The van der Waals surface area contributed by atoms with Crippen LogP contribution in [0.5, 0.6) is 0 Å². The summed E-state index contributed by atoms with van der Waals surface area (Å²) in [5.74, 6) is 0.169. The zero-order chi connectivity index (χ0) is 14.0. The number of amides is 1. The average molecular weight is 261 g/mol. The highest BCUT2D eigenvalue weighted by atomic mass is 16.2. The zero-order valence-electron chi connectivity index (χ0n) is 12.0. The average Bonchev–Trinajstić information content (AvgIpc) is 3.20. The van der Waals surface area contributed by atoms with E-state index in [1.807, 2.05) is 45.3 Å². The van der Waals surface area contributed by atoms with Gasteiger partial charge in [0, 0.05) is 32.4 Å². The van der Waals surface area contributed by atoms with E-state index in [0.717, 1.165) is 12.2 Å². The highest BCUT2D eigenvalue weighted by Crippen LogP contribution is 2.30. The normalized spacial score (nSPS) is 16.4. The van der Waals surface area contributed by atoms with E-state index < -0.39 is 0 Å². The van der Waals surface area contributed by atoms with Gasteiger partial charge in [0.05, 0.1) is 6.04 Å². The fraction of sp³-hybridized carbons (Fsp3) is 0.533. The third-order valence-electron chi connectivity index (χ3n) is 3.66. The molecule has 1 atom stereocenters. The van der Waals surface area contributed by atoms with Gasteiger partial charge in [-0.2, -0.15) is 0 Å². The van der Waals surface area contributed by atoms with Gasteiger partial charge in [-0.25, -0.2) is 0 Å². The number of anilines is 1. The summed E-state index contributed by atoms with van der Waals surface area (Å²) < 4.78 is 0. The second-order valence-electron chi connectivity index (χ2n) is 5.55. The van der Waals surface area contributed by atoms with Crippen LogP contribution < -0.4 is 5.73 Å². The lowest BCUT2D eigenvalue weighted by atomic mass is 10.1. The van der Waals surface area contributed by atoms with Crippen molar-refractivity contribution in [1.82, 2.24) is 9.80 Å². The SMILES string of the molecule is CC(C(=O)N(C)C)N(Cc1ccc(N)cc1)C1CC1. The zero-order valence-corrected chi connectivity index (χ0v) is 12.0. The highest BCUT2D eigenvalue weighted by molar-refractivity contribution is 5.81. The van der Waals surface area contributed by atoms with Crippen LogP contribution in [-0.2, 0) is 11.3 Å². The Morgan fingerprint density at radius 2 is 1.89 bits per heavy atom. The Morgan fingerprint density at radius 1 is 1.32 bits per heavy atom. The summed E-state index contributed by atoms with van der Waals surface area (Å²) in [6, 6.07) is 8.39. The second-order valence-corrected chi connectivity index (χ2v) is 5.55. The fourth-order valence-electron chi connectivity index (χ4n) is 2.34. The third kappa shape index (κ3) is 3.47. The van der Waals surface area contributed by atoms with E-state index in [2.05, 4.69) is 4.90 Å². The van der Waals surface area contributed by atoms with E-state index in [1.54, 1.807) is 4.90 Å². The van der Waals surface area contributed by atoms with Crippen molar-refractivity contribution in [3.8, 4) is 0 Å². The van der Waals surface area contributed by atoms with Gasteiger partial charge in [-0.15, -0.1) is 0 Å². The molecule has 1 aromatic rings. The van der Waals surface area contributed by atoms with Gasteiger partial charge in [-0.3, -0.25) is 9.69 Å². The van der Waals surface area contributed by atoms with Crippen LogP contribution >= 0.6 is 0 Å². The van der Waals surface area contributed by atoms with E-state index in [0.29, 0.717) is 6.04 Å². The molecule has 2 rings (SSSR count). The Bertz CT molecular complexity index is 437. The maximum atomic E-state index is 12.1. The fourth-order valence-corrected chi connectivity index (χ4v) is 2.34. The van der Waals surface area contributed by atoms with Gasteiger partial charge in [0.2, 0.25) is 5.91 Å². The number of carbonyl (C=O) groups is 1. The number of nitrogens with two attached hydrogens (primary N) is 1. The molecule has 1 unspecified atom stereocenters. The van der Waals surface area contributed by atoms with Crippen molar-refractivity contribution in [3.63, 3.8) is 0 Å². The molecule has 0 heterocycles. The highest BCUT2D eigenvalue weighted by Gasteiger charge is 2.35. The number of nitrogens with zero attached hydrogens (tertiary/aromatic N) is 2. The molecule has 19 heavy (non-hydrogen) atoms. The predicted octanol–water partition coefficient (Wildman–Crippen LogP) is 1.71. The van der Waals surface area contributed by atoms with Crippen molar-refractivity contribution in [3.05, 3.63) is 29.8 Å². The summed E-state index contributed by atoms with van der Waals surface area (Å²) in [5.41, 5.74) is 7.69. The largest absolute Gasteiger partial charge is 0.399 e. The molecule has 0 bridgehead atoms. The number of likely N-dealkylation sites (N-methyl/N-ethyl adjacent to an activating group) is 1. The molecule has 0 aliphatic heterocycles. The number of nitrogen functional groups attached to an aromatic ring is 1. The first-order chi connectivity index (χ1) is 8.99. The molecule has 0 aromatic heterocycles. The molecule has 0 spiro atoms. The first kappa shape index (κ1) is 13.9. The van der Waals surface area contributed by atoms with Gasteiger partial charge in [-0.1, -0.05) is 12.1 Å². The van der Waals surface area contributed by atoms with Crippen LogP contribution in [0.3, 0.4) is 0 Å². The lowest BCUT2D eigenvalue weighted by Gasteiger charge is -2.30. The summed E-state index contributed by atoms with van der Waals surface area (Å²) in [6.45, 7) is 2.81. The number of hydrogen-bond donors (Lipinski definition) is 1. The molecular formula is C15H23N3O. The minimum atomic E-state index is -0.0694. The smallest absolute Gasteiger partial charge is 0.239 e. The van der Waals surface area contributed by atoms with Gasteiger partial charge in [0.25, 0.3) is 0 Å². The van der Waals surface area contributed by atoms with E-state index in [9.17, 15) is 4.79 Å². The molecule has 4 heteroatoms. The van der Waals surface area contributed by atoms with Gasteiger partial charge < -0.3 is 10.6 Å². The third-order valence-corrected chi connectivity index (χ3v) is 3.66. The number of benzene rings is 1. The van der Waals surface area contributed by atoms with Crippen molar-refractivity contribution >= 4 is 11.6 Å². The Labute approximate surface area is 115 Å². The maximum absolute atomic E-state index is 12.1. The van der Waals surface area contributed by atoms with Crippen molar-refractivity contribution in [2.45, 2.75) is 38.4 Å². The minimum absolute atomic E-state index is 0.0694. The van der Waals surface area contributed by atoms with Crippen molar-refractivity contribution in [2.75, 3.05) is 19.8 Å². The molecule has 1 fully saturated rings. The summed E-state index contributed by atoms with van der Waals surface area (Å²) in [6.07, 6.45) is 2.39. The molecule has 1 aliphatic carbocycles. The molecule has 1 amide bonds. The van der Waals surface area contributed by atoms with Crippen molar-refractivity contribution in [1.29, 1.82) is 0 Å². The molecular weight excluding hydrogens is 238 g/mol. The van der Waals surface area contributed by atoms with Crippen LogP contribution in [0.2, 0.25) is 0 Å². The lowest BCUT2D eigenvalue weighted by Crippen LogP contribution is -2.45. The van der Waals surface area contributed by atoms with Gasteiger partial charge in [0.1, 0.15) is 0 Å². The quantitative estimate of drug-likeness (QED) is 0.821. The van der Waals surface area contributed by atoms with Crippen molar-refractivity contribution < 1.29 is 4.79 Å². The van der Waals surface area contributed by atoms with Crippen LogP contribution in [0.1, 0.15) is 25.3 Å². The molecule has 4 nitrogen and oxygen atoms in total. The topological polar surface area (TPSA) is 49.6 Å². The van der Waals surface area contributed by atoms with Crippen LogP contribution in [0.4, 0.5) is 5.69 Å². The lowest BCUT2D eigenvalue weighted by molar-refractivity contribution is -0.134. The van der Waals surface area contributed by atoms with E-state index in [4.69, 9.17) is 5.73 Å². The Kier molecular flexibility index (Phi) is 4.10. The monoisotopic (exact) mass is 261 g/mol. The standard InChI is InChI=1S/C15H23N3O/c1-11(15(19)17(2)3)18(14-8-9-14)10-12-4-6-13(16)7-5-12/h4-7,11,14H,8-10,16H2,1-3H3. The molecule has 1 aliphatic rings. The predicted molar refractivity (Wildman–Crippen MR) is 77.6 cm³/mol. The summed E-state index contributed by atoms with van der Waals surface area (Å²) in [7, 11) is 3.63. The van der Waals surface area contributed by atoms with Gasteiger partial charge in [0.15, 0.2) is 0 Å². The van der Waals surface area contributed by atoms with Crippen LogP contribution in [0.25, 0.3) is 0 Å². The second kappa shape index (κ2) is 5.61. The van der Waals surface area contributed by atoms with Crippen molar-refractivity contribution in [2.24, 2.45) is 0 Å². The summed E-state index contributed by atoms with van der Waals surface area (Å²) in [4.78, 5) is 16.1. The maximum Gasteiger partial charge on any atom is 0.239 e. The minimum Gasteiger partial charge on any atom is -0.399 e. The molecule has 0 radical (unpaired) electrons. The van der Waals surface area contributed by atoms with E-state index in [-0.39, 0.29) is 11.9 Å². The van der Waals surface area contributed by atoms with Gasteiger partial charge in [-0.05, 0) is 37.5 Å². The Balaban J connectivity index is 2.08. The van der Waals surface area contributed by atoms with Crippen LogP contribution in [0, 0.1) is 0 Å². The summed E-state index contributed by atoms with van der Waals surface area (Å²) in [5, 5.41) is 0. The van der Waals surface area contributed by atoms with Gasteiger partial charge >= 0.3 is 0 Å². The molecule has 1 saturated carbocycles. The summed E-state index contributed by atoms with van der Waals surface area (Å²) >= 11 is 0. The van der Waals surface area contributed by atoms with Crippen LogP contribution in [-0.4, -0.2) is 41.9 Å². The number of carbonyl (C=O) groups excluding carboxylic acids is 1. The molecule has 0 saturated heterocycles. The first-order valence-electron chi connectivity index (χ1n) is 6.80. The molecule has 104 valence electrons.